The van der Waals surface area contributed by atoms with Gasteiger partial charge in [-0.15, -0.1) is 11.3 Å². The van der Waals surface area contributed by atoms with Crippen molar-refractivity contribution in [3.8, 4) is 0 Å². The van der Waals surface area contributed by atoms with Gasteiger partial charge in [0.05, 0.1) is 17.8 Å². The first-order chi connectivity index (χ1) is 9.19. The summed E-state index contributed by atoms with van der Waals surface area (Å²) in [6.45, 7) is 5.43. The summed E-state index contributed by atoms with van der Waals surface area (Å²) in [4.78, 5) is 19.7. The average molecular weight is 280 g/mol. The Hall–Kier alpha value is -0.940. The van der Waals surface area contributed by atoms with Gasteiger partial charge in [-0.2, -0.15) is 0 Å². The predicted molar refractivity (Wildman–Crippen MR) is 74.2 cm³/mol. The van der Waals surface area contributed by atoms with E-state index >= 15 is 0 Å². The molecule has 2 fully saturated rings. The molecule has 0 N–H and O–H groups in total. The molecule has 0 aromatic carbocycles. The van der Waals surface area contributed by atoms with Gasteiger partial charge in [0.15, 0.2) is 0 Å². The smallest absolute Gasteiger partial charge is 0.222 e. The topological polar surface area (TPSA) is 42.4 Å². The Bertz CT molecular complexity index is 466. The summed E-state index contributed by atoms with van der Waals surface area (Å²) in [5, 5.41) is 0. The number of likely N-dealkylation sites (tertiary alicyclic amines) is 1. The van der Waals surface area contributed by atoms with Crippen molar-refractivity contribution in [1.29, 1.82) is 0 Å². The van der Waals surface area contributed by atoms with Crippen LogP contribution in [0.3, 0.4) is 0 Å². The molecule has 2 aliphatic rings. The largest absolute Gasteiger partial charge is 0.381 e. The van der Waals surface area contributed by atoms with Crippen LogP contribution in [0.1, 0.15) is 29.8 Å². The zero-order valence-corrected chi connectivity index (χ0v) is 12.2. The van der Waals surface area contributed by atoms with Crippen LogP contribution in [0.4, 0.5) is 0 Å². The summed E-state index contributed by atoms with van der Waals surface area (Å²) in [7, 11) is 0. The summed E-state index contributed by atoms with van der Waals surface area (Å²) in [6.07, 6.45) is 3.72. The summed E-state index contributed by atoms with van der Waals surface area (Å²) in [5.74, 6) is 0.305. The fourth-order valence-electron chi connectivity index (χ4n) is 3.08. The van der Waals surface area contributed by atoms with Crippen molar-refractivity contribution in [2.45, 2.75) is 32.6 Å². The Morgan fingerprint density at radius 2 is 2.42 bits per heavy atom. The molecule has 1 amide bonds. The highest BCUT2D eigenvalue weighted by Crippen LogP contribution is 2.38. The number of piperidine rings is 1. The fourth-order valence-corrected chi connectivity index (χ4v) is 3.85. The van der Waals surface area contributed by atoms with Crippen molar-refractivity contribution < 1.29 is 9.53 Å². The first kappa shape index (κ1) is 13.1. The maximum absolute atomic E-state index is 12.1. The van der Waals surface area contributed by atoms with E-state index in [0.29, 0.717) is 12.3 Å². The third-order valence-electron chi connectivity index (χ3n) is 4.39. The molecule has 3 heterocycles. The van der Waals surface area contributed by atoms with Gasteiger partial charge in [-0.3, -0.25) is 4.79 Å². The van der Waals surface area contributed by atoms with Crippen LogP contribution in [0.15, 0.2) is 5.51 Å². The molecule has 0 radical (unpaired) electrons. The van der Waals surface area contributed by atoms with Crippen molar-refractivity contribution in [3.05, 3.63) is 16.1 Å². The van der Waals surface area contributed by atoms with E-state index in [9.17, 15) is 4.79 Å². The van der Waals surface area contributed by atoms with Crippen LogP contribution in [-0.2, 0) is 16.0 Å². The van der Waals surface area contributed by atoms with Crippen LogP contribution in [0.5, 0.6) is 0 Å². The van der Waals surface area contributed by atoms with Crippen molar-refractivity contribution >= 4 is 17.2 Å². The van der Waals surface area contributed by atoms with E-state index in [1.165, 1.54) is 4.88 Å². The van der Waals surface area contributed by atoms with Crippen LogP contribution in [0, 0.1) is 12.3 Å². The van der Waals surface area contributed by atoms with Gasteiger partial charge in [-0.1, -0.05) is 0 Å². The number of rotatable bonds is 3. The Balaban J connectivity index is 1.62. The van der Waals surface area contributed by atoms with Crippen molar-refractivity contribution in [3.63, 3.8) is 0 Å². The first-order valence-electron chi connectivity index (χ1n) is 6.93. The van der Waals surface area contributed by atoms with Gasteiger partial charge in [-0.05, 0) is 19.8 Å². The SMILES string of the molecule is Cc1ncsc1CCN1C[C@]2(CCOC2)CCC1=O. The molecular formula is C14H20N2O2S. The lowest BCUT2D eigenvalue weighted by Gasteiger charge is -2.39. The molecule has 0 bridgehead atoms. The molecule has 19 heavy (non-hydrogen) atoms. The van der Waals surface area contributed by atoms with E-state index in [0.717, 1.165) is 51.3 Å². The van der Waals surface area contributed by atoms with Crippen LogP contribution >= 0.6 is 11.3 Å². The quantitative estimate of drug-likeness (QED) is 0.850. The Labute approximate surface area is 117 Å². The zero-order valence-electron chi connectivity index (χ0n) is 11.4. The van der Waals surface area contributed by atoms with Crippen molar-refractivity contribution in [2.24, 2.45) is 5.41 Å². The van der Waals surface area contributed by atoms with Gasteiger partial charge in [0, 0.05) is 42.8 Å². The normalized spacial score (nSPS) is 27.4. The minimum atomic E-state index is 0.247. The zero-order chi connectivity index (χ0) is 13.3. The highest BCUT2D eigenvalue weighted by atomic mass is 32.1. The summed E-state index contributed by atoms with van der Waals surface area (Å²) < 4.78 is 5.54. The van der Waals surface area contributed by atoms with Gasteiger partial charge >= 0.3 is 0 Å². The number of ether oxygens (including phenoxy) is 1. The number of aryl methyl sites for hydroxylation is 1. The van der Waals surface area contributed by atoms with Gasteiger partial charge in [0.1, 0.15) is 0 Å². The molecule has 0 unspecified atom stereocenters. The van der Waals surface area contributed by atoms with Gasteiger partial charge in [-0.25, -0.2) is 4.98 Å². The van der Waals surface area contributed by atoms with Crippen LogP contribution in [0.2, 0.25) is 0 Å². The molecule has 1 spiro atoms. The Morgan fingerprint density at radius 3 is 3.11 bits per heavy atom. The standard InChI is InChI=1S/C14H20N2O2S/c1-11-12(19-10-15-11)3-6-16-8-14(4-2-13(16)17)5-7-18-9-14/h10H,2-9H2,1H3/t14-/m1/s1. The van der Waals surface area contributed by atoms with Crippen molar-refractivity contribution in [1.82, 2.24) is 9.88 Å². The number of carbonyl (C=O) groups is 1. The second kappa shape index (κ2) is 5.21. The Morgan fingerprint density at radius 1 is 1.53 bits per heavy atom. The third-order valence-corrected chi connectivity index (χ3v) is 5.38. The number of nitrogens with zero attached hydrogens (tertiary/aromatic N) is 2. The number of carbonyl (C=O) groups excluding carboxylic acids is 1. The van der Waals surface area contributed by atoms with E-state index in [1.54, 1.807) is 11.3 Å². The molecule has 5 heteroatoms. The fraction of sp³-hybridized carbons (Fsp3) is 0.714. The van der Waals surface area contributed by atoms with Crippen LogP contribution in [0.25, 0.3) is 0 Å². The van der Waals surface area contributed by atoms with E-state index in [-0.39, 0.29) is 5.41 Å². The highest BCUT2D eigenvalue weighted by Gasteiger charge is 2.41. The average Bonchev–Trinajstić information content (AvgIpc) is 3.01. The lowest BCUT2D eigenvalue weighted by atomic mass is 9.79. The monoisotopic (exact) mass is 280 g/mol. The van der Waals surface area contributed by atoms with Crippen LogP contribution < -0.4 is 0 Å². The maximum atomic E-state index is 12.1. The van der Waals surface area contributed by atoms with Crippen LogP contribution in [-0.4, -0.2) is 42.1 Å². The molecule has 2 aliphatic heterocycles. The minimum Gasteiger partial charge on any atom is -0.381 e. The minimum absolute atomic E-state index is 0.247. The highest BCUT2D eigenvalue weighted by molar-refractivity contribution is 7.09. The molecule has 1 aromatic rings. The molecule has 2 saturated heterocycles. The van der Waals surface area contributed by atoms with E-state index < -0.39 is 0 Å². The number of aromatic nitrogens is 1. The van der Waals surface area contributed by atoms with Gasteiger partial charge in [0.2, 0.25) is 5.91 Å². The maximum Gasteiger partial charge on any atom is 0.222 e. The number of hydrogen-bond donors (Lipinski definition) is 0. The summed E-state index contributed by atoms with van der Waals surface area (Å²) in [6, 6.07) is 0. The van der Waals surface area contributed by atoms with E-state index in [2.05, 4.69) is 4.98 Å². The molecular weight excluding hydrogens is 260 g/mol. The molecule has 4 nitrogen and oxygen atoms in total. The molecule has 1 aromatic heterocycles. The molecule has 0 aliphatic carbocycles. The second-order valence-electron chi connectivity index (χ2n) is 5.73. The third kappa shape index (κ3) is 2.67. The van der Waals surface area contributed by atoms with Gasteiger partial charge < -0.3 is 9.64 Å². The first-order valence-corrected chi connectivity index (χ1v) is 7.81. The predicted octanol–water partition coefficient (Wildman–Crippen LogP) is 2.02. The second-order valence-corrected chi connectivity index (χ2v) is 6.67. The molecule has 1 atom stereocenters. The molecule has 104 valence electrons. The van der Waals surface area contributed by atoms with Gasteiger partial charge in [0.25, 0.3) is 0 Å². The number of amides is 1. The molecule has 0 saturated carbocycles. The summed E-state index contributed by atoms with van der Waals surface area (Å²) in [5.41, 5.74) is 3.24. The van der Waals surface area contributed by atoms with E-state index in [4.69, 9.17) is 4.74 Å². The van der Waals surface area contributed by atoms with E-state index in [1.807, 2.05) is 17.3 Å². The lowest BCUT2D eigenvalue weighted by Crippen LogP contribution is -2.47. The lowest BCUT2D eigenvalue weighted by molar-refractivity contribution is -0.137. The Kier molecular flexibility index (Phi) is 3.58. The van der Waals surface area contributed by atoms with Crippen molar-refractivity contribution in [2.75, 3.05) is 26.3 Å². The number of hydrogen-bond acceptors (Lipinski definition) is 4. The summed E-state index contributed by atoms with van der Waals surface area (Å²) >= 11 is 1.69. The number of thiazole rings is 1. The molecule has 3 rings (SSSR count).